The third-order valence-electron chi connectivity index (χ3n) is 3.26. The summed E-state index contributed by atoms with van der Waals surface area (Å²) in [6, 6.07) is 3.55. The van der Waals surface area contributed by atoms with Gasteiger partial charge in [-0.2, -0.15) is 13.2 Å². The molecule has 1 fully saturated rings. The molecule has 22 heavy (non-hydrogen) atoms. The van der Waals surface area contributed by atoms with Gasteiger partial charge in [0.2, 0.25) is 11.8 Å². The lowest BCUT2D eigenvalue weighted by molar-refractivity contribution is -0.139. The number of amides is 3. The van der Waals surface area contributed by atoms with E-state index >= 15 is 0 Å². The van der Waals surface area contributed by atoms with Crippen molar-refractivity contribution in [3.05, 3.63) is 29.8 Å². The van der Waals surface area contributed by atoms with Gasteiger partial charge < -0.3 is 10.4 Å². The third kappa shape index (κ3) is 2.80. The Morgan fingerprint density at radius 1 is 1.18 bits per heavy atom. The van der Waals surface area contributed by atoms with Crippen LogP contribution < -0.4 is 5.32 Å². The first-order valence-corrected chi connectivity index (χ1v) is 6.10. The number of hydrogen-bond acceptors (Lipinski definition) is 4. The van der Waals surface area contributed by atoms with Gasteiger partial charge in [-0.3, -0.25) is 19.3 Å². The van der Waals surface area contributed by atoms with Crippen LogP contribution in [-0.4, -0.2) is 40.9 Å². The Balaban J connectivity index is 2.13. The molecule has 3 amide bonds. The molecule has 0 spiro atoms. The quantitative estimate of drug-likeness (QED) is 0.618. The van der Waals surface area contributed by atoms with Crippen LogP contribution in [0.4, 0.5) is 18.9 Å². The molecule has 0 bridgehead atoms. The summed E-state index contributed by atoms with van der Waals surface area (Å²) in [6.07, 6.45) is -6.30. The molecule has 1 heterocycles. The molecule has 6 nitrogen and oxygen atoms in total. The van der Waals surface area contributed by atoms with Gasteiger partial charge in [-0.05, 0) is 24.3 Å². The number of imide groups is 1. The second kappa shape index (κ2) is 5.41. The lowest BCUT2D eigenvalue weighted by Gasteiger charge is -2.12. The summed E-state index contributed by atoms with van der Waals surface area (Å²) in [5.41, 5.74) is -0.877. The summed E-state index contributed by atoms with van der Waals surface area (Å²) in [6.45, 7) is 0. The maximum Gasteiger partial charge on any atom is 0.416 e. The van der Waals surface area contributed by atoms with E-state index in [1.165, 1.54) is 0 Å². The lowest BCUT2D eigenvalue weighted by atomic mass is 10.0. The number of aliphatic hydroxyl groups excluding tert-OH is 1. The van der Waals surface area contributed by atoms with Gasteiger partial charge in [0.25, 0.3) is 5.91 Å². The minimum atomic E-state index is -4.50. The van der Waals surface area contributed by atoms with Gasteiger partial charge in [0.15, 0.2) is 12.0 Å². The van der Waals surface area contributed by atoms with Gasteiger partial charge >= 0.3 is 6.18 Å². The second-order valence-corrected chi connectivity index (χ2v) is 4.72. The lowest BCUT2D eigenvalue weighted by Crippen LogP contribution is -2.35. The first kappa shape index (κ1) is 16.0. The highest BCUT2D eigenvalue weighted by atomic mass is 19.4. The summed E-state index contributed by atoms with van der Waals surface area (Å²) in [5, 5.41) is 11.8. The van der Waals surface area contributed by atoms with Crippen molar-refractivity contribution in [1.29, 1.82) is 0 Å². The number of benzene rings is 1. The number of hydrogen-bond donors (Lipinski definition) is 2. The predicted molar refractivity (Wildman–Crippen MR) is 67.3 cm³/mol. The molecule has 9 heteroatoms. The molecular weight excluding hydrogens is 305 g/mol. The SMILES string of the molecule is CN1C(=O)C(O)C(C(=O)Nc2ccc(C(F)(F)F)cc2)C1=O. The standard InChI is InChI=1S/C13H11F3N2O4/c1-18-11(21)8(9(19)12(18)22)10(20)17-7-4-2-6(3-5-7)13(14,15)16/h2-5,8-9,19H,1H3,(H,17,20). The Bertz CT molecular complexity index is 627. The molecule has 2 rings (SSSR count). The number of aliphatic hydroxyl groups is 1. The van der Waals surface area contributed by atoms with Crippen molar-refractivity contribution >= 4 is 23.4 Å². The molecule has 0 saturated carbocycles. The molecule has 1 aliphatic heterocycles. The number of nitrogens with zero attached hydrogens (tertiary/aromatic N) is 1. The van der Waals surface area contributed by atoms with Gasteiger partial charge in [-0.25, -0.2) is 0 Å². The molecule has 0 aliphatic carbocycles. The number of halogens is 3. The summed E-state index contributed by atoms with van der Waals surface area (Å²) in [5.74, 6) is -4.35. The van der Waals surface area contributed by atoms with Gasteiger partial charge in [0.05, 0.1) is 5.56 Å². The van der Waals surface area contributed by atoms with E-state index in [1.807, 2.05) is 0 Å². The summed E-state index contributed by atoms with van der Waals surface area (Å²) in [7, 11) is 1.12. The highest BCUT2D eigenvalue weighted by molar-refractivity contribution is 6.18. The number of carbonyl (C=O) groups is 3. The van der Waals surface area contributed by atoms with Crippen molar-refractivity contribution in [2.24, 2.45) is 5.92 Å². The number of rotatable bonds is 2. The fraction of sp³-hybridized carbons (Fsp3) is 0.308. The fourth-order valence-electron chi connectivity index (χ4n) is 2.01. The number of anilines is 1. The monoisotopic (exact) mass is 316 g/mol. The van der Waals surface area contributed by atoms with Gasteiger partial charge in [-0.1, -0.05) is 0 Å². The van der Waals surface area contributed by atoms with Crippen LogP contribution in [0.5, 0.6) is 0 Å². The second-order valence-electron chi connectivity index (χ2n) is 4.72. The molecule has 1 aromatic rings. The largest absolute Gasteiger partial charge is 0.416 e. The molecule has 2 N–H and O–H groups in total. The minimum absolute atomic E-state index is 0.0139. The number of carbonyl (C=O) groups excluding carboxylic acids is 3. The highest BCUT2D eigenvalue weighted by Gasteiger charge is 2.49. The van der Waals surface area contributed by atoms with Crippen LogP contribution >= 0.6 is 0 Å². The maximum absolute atomic E-state index is 12.4. The van der Waals surface area contributed by atoms with Crippen LogP contribution in [0.15, 0.2) is 24.3 Å². The van der Waals surface area contributed by atoms with E-state index in [-0.39, 0.29) is 5.69 Å². The third-order valence-corrected chi connectivity index (χ3v) is 3.26. The van der Waals surface area contributed by atoms with Crippen LogP contribution in [0.1, 0.15) is 5.56 Å². The molecule has 2 unspecified atom stereocenters. The van der Waals surface area contributed by atoms with Crippen LogP contribution in [0.3, 0.4) is 0 Å². The maximum atomic E-state index is 12.4. The average molecular weight is 316 g/mol. The Morgan fingerprint density at radius 3 is 2.14 bits per heavy atom. The predicted octanol–water partition coefficient (Wildman–Crippen LogP) is 0.620. The van der Waals surface area contributed by atoms with E-state index in [4.69, 9.17) is 0 Å². The molecular formula is C13H11F3N2O4. The number of likely N-dealkylation sites (tertiary alicyclic amines) is 1. The molecule has 118 valence electrons. The van der Waals surface area contributed by atoms with Gasteiger partial charge in [0.1, 0.15) is 0 Å². The zero-order valence-electron chi connectivity index (χ0n) is 11.2. The van der Waals surface area contributed by atoms with Crippen molar-refractivity contribution in [1.82, 2.24) is 4.90 Å². The molecule has 0 aromatic heterocycles. The first-order chi connectivity index (χ1) is 10.1. The normalized spacial score (nSPS) is 22.1. The average Bonchev–Trinajstić information content (AvgIpc) is 2.62. The van der Waals surface area contributed by atoms with Crippen LogP contribution in [0.25, 0.3) is 0 Å². The Kier molecular flexibility index (Phi) is 3.92. The minimum Gasteiger partial charge on any atom is -0.382 e. The number of alkyl halides is 3. The topological polar surface area (TPSA) is 86.7 Å². The van der Waals surface area contributed by atoms with E-state index in [2.05, 4.69) is 5.32 Å². The van der Waals surface area contributed by atoms with E-state index in [0.29, 0.717) is 4.90 Å². The van der Waals surface area contributed by atoms with Crippen LogP contribution in [0, 0.1) is 5.92 Å². The van der Waals surface area contributed by atoms with Crippen molar-refractivity contribution in [3.63, 3.8) is 0 Å². The van der Waals surface area contributed by atoms with Gasteiger partial charge in [0, 0.05) is 12.7 Å². The highest BCUT2D eigenvalue weighted by Crippen LogP contribution is 2.30. The van der Waals surface area contributed by atoms with Crippen molar-refractivity contribution in [3.8, 4) is 0 Å². The molecule has 2 atom stereocenters. The Hall–Kier alpha value is -2.42. The van der Waals surface area contributed by atoms with Crippen molar-refractivity contribution < 1.29 is 32.7 Å². The fourth-order valence-corrected chi connectivity index (χ4v) is 2.01. The summed E-state index contributed by atoms with van der Waals surface area (Å²) < 4.78 is 37.2. The van der Waals surface area contributed by atoms with Crippen molar-refractivity contribution in [2.45, 2.75) is 12.3 Å². The van der Waals surface area contributed by atoms with Crippen LogP contribution in [-0.2, 0) is 20.6 Å². The molecule has 1 aromatic carbocycles. The zero-order valence-corrected chi connectivity index (χ0v) is 11.2. The smallest absolute Gasteiger partial charge is 0.382 e. The van der Waals surface area contributed by atoms with E-state index in [1.54, 1.807) is 0 Å². The summed E-state index contributed by atoms with van der Waals surface area (Å²) in [4.78, 5) is 35.6. The molecule has 1 saturated heterocycles. The van der Waals surface area contributed by atoms with Gasteiger partial charge in [-0.15, -0.1) is 0 Å². The van der Waals surface area contributed by atoms with E-state index in [9.17, 15) is 32.7 Å². The van der Waals surface area contributed by atoms with Crippen molar-refractivity contribution in [2.75, 3.05) is 12.4 Å². The Labute approximate surface area is 122 Å². The number of likely N-dealkylation sites (N-methyl/N-ethyl adjacent to an activating group) is 1. The summed E-state index contributed by atoms with van der Waals surface area (Å²) >= 11 is 0. The van der Waals surface area contributed by atoms with E-state index in [0.717, 1.165) is 31.3 Å². The first-order valence-electron chi connectivity index (χ1n) is 6.10. The number of nitrogens with one attached hydrogen (secondary N) is 1. The van der Waals surface area contributed by atoms with E-state index < -0.39 is 41.5 Å². The molecule has 1 aliphatic rings. The Morgan fingerprint density at radius 2 is 1.73 bits per heavy atom. The molecule has 0 radical (unpaired) electrons. The zero-order chi connectivity index (χ0) is 16.7. The van der Waals surface area contributed by atoms with Crippen LogP contribution in [0.2, 0.25) is 0 Å².